The lowest BCUT2D eigenvalue weighted by Crippen LogP contribution is -2.25. The molecule has 1 aromatic rings. The summed E-state index contributed by atoms with van der Waals surface area (Å²) < 4.78 is 37.2. The van der Waals surface area contributed by atoms with Gasteiger partial charge in [-0.15, -0.1) is 0 Å². The molecular weight excluding hydrogens is 253 g/mol. The number of hydrogen-bond acceptors (Lipinski definition) is 4. The maximum Gasteiger partial charge on any atom is 0.433 e. The zero-order chi connectivity index (χ0) is 13.9. The fourth-order valence-corrected chi connectivity index (χ4v) is 1.12. The number of halogens is 3. The van der Waals surface area contributed by atoms with Gasteiger partial charge in [0.05, 0.1) is 12.1 Å². The number of carbonyl (C=O) groups excluding carboxylic acids is 2. The average molecular weight is 262 g/mol. The SMILES string of the molecule is NC(=O)CNc1nc(C(F)(F)F)ccc1C(N)=O. The van der Waals surface area contributed by atoms with Crippen LogP contribution in [0.5, 0.6) is 0 Å². The molecule has 98 valence electrons. The summed E-state index contributed by atoms with van der Waals surface area (Å²) >= 11 is 0. The fraction of sp³-hybridized carbons (Fsp3) is 0.222. The van der Waals surface area contributed by atoms with Crippen molar-refractivity contribution in [3.05, 3.63) is 23.4 Å². The third-order valence-corrected chi connectivity index (χ3v) is 1.88. The zero-order valence-electron chi connectivity index (χ0n) is 8.91. The second kappa shape index (κ2) is 4.90. The summed E-state index contributed by atoms with van der Waals surface area (Å²) in [6.45, 7) is -0.464. The van der Waals surface area contributed by atoms with Gasteiger partial charge in [0.15, 0.2) is 0 Å². The van der Waals surface area contributed by atoms with E-state index in [4.69, 9.17) is 11.5 Å². The van der Waals surface area contributed by atoms with Gasteiger partial charge in [-0.1, -0.05) is 0 Å². The maximum atomic E-state index is 12.4. The lowest BCUT2D eigenvalue weighted by atomic mass is 10.2. The van der Waals surface area contributed by atoms with Crippen molar-refractivity contribution < 1.29 is 22.8 Å². The van der Waals surface area contributed by atoms with Gasteiger partial charge < -0.3 is 16.8 Å². The van der Waals surface area contributed by atoms with Crippen LogP contribution in [-0.4, -0.2) is 23.3 Å². The number of nitrogens with one attached hydrogen (secondary N) is 1. The van der Waals surface area contributed by atoms with E-state index in [0.29, 0.717) is 6.07 Å². The summed E-state index contributed by atoms with van der Waals surface area (Å²) in [6.07, 6.45) is -4.67. The predicted molar refractivity (Wildman–Crippen MR) is 55.4 cm³/mol. The molecule has 5 N–H and O–H groups in total. The third kappa shape index (κ3) is 3.34. The third-order valence-electron chi connectivity index (χ3n) is 1.88. The summed E-state index contributed by atoms with van der Waals surface area (Å²) in [4.78, 5) is 24.7. The zero-order valence-corrected chi connectivity index (χ0v) is 8.91. The standard InChI is InChI=1S/C9H9F3N4O2/c10-9(11,12)5-2-1-4(7(14)18)8(16-5)15-3-6(13)17/h1-2H,3H2,(H2,13,17)(H2,14,18)(H,15,16). The molecule has 0 radical (unpaired) electrons. The number of anilines is 1. The summed E-state index contributed by atoms with van der Waals surface area (Å²) in [5.74, 6) is -2.22. The van der Waals surface area contributed by atoms with Gasteiger partial charge in [0.25, 0.3) is 5.91 Å². The molecule has 0 atom stereocenters. The van der Waals surface area contributed by atoms with Crippen LogP contribution < -0.4 is 16.8 Å². The molecule has 0 aliphatic rings. The molecule has 0 saturated heterocycles. The van der Waals surface area contributed by atoms with Gasteiger partial charge in [0, 0.05) is 0 Å². The van der Waals surface area contributed by atoms with Crippen LogP contribution in [0.25, 0.3) is 0 Å². The van der Waals surface area contributed by atoms with E-state index in [0.717, 1.165) is 6.07 Å². The van der Waals surface area contributed by atoms with Crippen molar-refractivity contribution in [1.82, 2.24) is 4.98 Å². The molecule has 1 aromatic heterocycles. The normalized spacial score (nSPS) is 11.1. The van der Waals surface area contributed by atoms with Gasteiger partial charge in [0.1, 0.15) is 11.5 Å². The van der Waals surface area contributed by atoms with E-state index >= 15 is 0 Å². The second-order valence-corrected chi connectivity index (χ2v) is 3.27. The maximum absolute atomic E-state index is 12.4. The molecule has 1 rings (SSSR count). The van der Waals surface area contributed by atoms with Gasteiger partial charge in [-0.25, -0.2) is 4.98 Å². The Bertz CT molecular complexity index is 487. The van der Waals surface area contributed by atoms with Crippen molar-refractivity contribution in [2.45, 2.75) is 6.18 Å². The Hall–Kier alpha value is -2.32. The number of pyridine rings is 1. The van der Waals surface area contributed by atoms with Crippen LogP contribution in [0.1, 0.15) is 16.1 Å². The molecule has 0 bridgehead atoms. The van der Waals surface area contributed by atoms with E-state index in [2.05, 4.69) is 10.3 Å². The summed E-state index contributed by atoms with van der Waals surface area (Å²) in [7, 11) is 0. The molecule has 0 saturated carbocycles. The van der Waals surface area contributed by atoms with Crippen LogP contribution >= 0.6 is 0 Å². The number of alkyl halides is 3. The van der Waals surface area contributed by atoms with Gasteiger partial charge >= 0.3 is 6.18 Å². The first-order valence-electron chi connectivity index (χ1n) is 4.62. The van der Waals surface area contributed by atoms with Gasteiger partial charge in [-0.05, 0) is 12.1 Å². The van der Waals surface area contributed by atoms with Crippen LogP contribution in [0, 0.1) is 0 Å². The lowest BCUT2D eigenvalue weighted by Gasteiger charge is -2.11. The van der Waals surface area contributed by atoms with Crippen molar-refractivity contribution in [2.24, 2.45) is 11.5 Å². The van der Waals surface area contributed by atoms with E-state index in [1.165, 1.54) is 0 Å². The highest BCUT2D eigenvalue weighted by Crippen LogP contribution is 2.29. The first kappa shape index (κ1) is 13.7. The molecule has 6 nitrogen and oxygen atoms in total. The first-order valence-corrected chi connectivity index (χ1v) is 4.62. The Kier molecular flexibility index (Phi) is 3.74. The van der Waals surface area contributed by atoms with Gasteiger partial charge in [-0.3, -0.25) is 9.59 Å². The van der Waals surface area contributed by atoms with Crippen molar-refractivity contribution in [3.8, 4) is 0 Å². The molecule has 0 aromatic carbocycles. The van der Waals surface area contributed by atoms with Gasteiger partial charge in [0.2, 0.25) is 5.91 Å². The quantitative estimate of drug-likeness (QED) is 0.714. The number of rotatable bonds is 4. The summed E-state index contributed by atoms with van der Waals surface area (Å²) in [6, 6.07) is 1.50. The van der Waals surface area contributed by atoms with Crippen LogP contribution in [0.3, 0.4) is 0 Å². The van der Waals surface area contributed by atoms with Crippen molar-refractivity contribution in [3.63, 3.8) is 0 Å². The minimum atomic E-state index is -4.67. The molecule has 2 amide bonds. The minimum absolute atomic E-state index is 0.260. The predicted octanol–water partition coefficient (Wildman–Crippen LogP) is 0.0965. The Balaban J connectivity index is 3.15. The number of primary amides is 2. The number of hydrogen-bond donors (Lipinski definition) is 3. The fourth-order valence-electron chi connectivity index (χ4n) is 1.12. The molecule has 9 heteroatoms. The Morgan fingerprint density at radius 1 is 1.28 bits per heavy atom. The molecule has 0 aliphatic carbocycles. The minimum Gasteiger partial charge on any atom is -0.368 e. The highest BCUT2D eigenvalue weighted by molar-refractivity contribution is 5.98. The highest BCUT2D eigenvalue weighted by atomic mass is 19.4. The molecule has 18 heavy (non-hydrogen) atoms. The van der Waals surface area contributed by atoms with E-state index in [9.17, 15) is 22.8 Å². The van der Waals surface area contributed by atoms with Crippen molar-refractivity contribution >= 4 is 17.6 Å². The van der Waals surface area contributed by atoms with Crippen LogP contribution in [0.4, 0.5) is 19.0 Å². The number of aromatic nitrogens is 1. The Morgan fingerprint density at radius 3 is 2.33 bits per heavy atom. The molecular formula is C9H9F3N4O2. The van der Waals surface area contributed by atoms with Crippen LogP contribution in [0.15, 0.2) is 12.1 Å². The Morgan fingerprint density at radius 2 is 1.89 bits per heavy atom. The Labute approximate surface area is 99.2 Å². The largest absolute Gasteiger partial charge is 0.433 e. The van der Waals surface area contributed by atoms with E-state index in [1.54, 1.807) is 0 Å². The second-order valence-electron chi connectivity index (χ2n) is 3.27. The molecule has 0 unspecified atom stereocenters. The highest BCUT2D eigenvalue weighted by Gasteiger charge is 2.33. The van der Waals surface area contributed by atoms with Gasteiger partial charge in [-0.2, -0.15) is 13.2 Å². The number of carbonyl (C=O) groups is 2. The lowest BCUT2D eigenvalue weighted by molar-refractivity contribution is -0.141. The first-order chi connectivity index (χ1) is 8.21. The van der Waals surface area contributed by atoms with E-state index in [-0.39, 0.29) is 5.56 Å². The molecule has 0 fully saturated rings. The van der Waals surface area contributed by atoms with Crippen molar-refractivity contribution in [2.75, 3.05) is 11.9 Å². The smallest absolute Gasteiger partial charge is 0.368 e. The molecule has 0 spiro atoms. The summed E-state index contributed by atoms with van der Waals surface area (Å²) in [5, 5.41) is 2.22. The molecule has 1 heterocycles. The summed E-state index contributed by atoms with van der Waals surface area (Å²) in [5.41, 5.74) is 8.32. The molecule has 0 aliphatic heterocycles. The topological polar surface area (TPSA) is 111 Å². The number of nitrogens with two attached hydrogens (primary N) is 2. The van der Waals surface area contributed by atoms with Crippen LogP contribution in [0.2, 0.25) is 0 Å². The number of amides is 2. The van der Waals surface area contributed by atoms with Crippen LogP contribution in [-0.2, 0) is 11.0 Å². The average Bonchev–Trinajstić information content (AvgIpc) is 2.24. The number of nitrogens with zero attached hydrogens (tertiary/aromatic N) is 1. The van der Waals surface area contributed by atoms with E-state index < -0.39 is 36.0 Å². The monoisotopic (exact) mass is 262 g/mol. The van der Waals surface area contributed by atoms with Crippen molar-refractivity contribution in [1.29, 1.82) is 0 Å². The van der Waals surface area contributed by atoms with E-state index in [1.807, 2.05) is 0 Å².